The van der Waals surface area contributed by atoms with Gasteiger partial charge in [0.25, 0.3) is 0 Å². The molecule has 1 amide bonds. The summed E-state index contributed by atoms with van der Waals surface area (Å²) in [5.74, 6) is 0.745. The normalized spacial score (nSPS) is 15.2. The maximum Gasteiger partial charge on any atom is 0.230 e. The average molecular weight is 484 g/mol. The summed E-state index contributed by atoms with van der Waals surface area (Å²) in [6.45, 7) is 6.99. The van der Waals surface area contributed by atoms with E-state index < -0.39 is 0 Å². The molecule has 1 unspecified atom stereocenters. The van der Waals surface area contributed by atoms with E-state index in [0.29, 0.717) is 17.6 Å². The van der Waals surface area contributed by atoms with E-state index in [0.717, 1.165) is 29.4 Å². The van der Waals surface area contributed by atoms with Gasteiger partial charge in [-0.1, -0.05) is 61.5 Å². The second-order valence-electron chi connectivity index (χ2n) is 8.64. The monoisotopic (exact) mass is 483 g/mol. The number of benzene rings is 2. The SMILES string of the molecule is CC(C)c1ccc(-n2cnnc2SCC(=O)NCC(c2cccc(Cl)c2)N2CCCC2)cc1. The third-order valence-corrected chi connectivity index (χ3v) is 7.17. The Kier molecular flexibility index (Phi) is 8.06. The number of carbonyl (C=O) groups is 1. The van der Waals surface area contributed by atoms with Crippen molar-refractivity contribution >= 4 is 29.3 Å². The van der Waals surface area contributed by atoms with Gasteiger partial charge in [0, 0.05) is 17.3 Å². The number of nitrogens with zero attached hydrogens (tertiary/aromatic N) is 4. The van der Waals surface area contributed by atoms with E-state index >= 15 is 0 Å². The number of hydrogen-bond acceptors (Lipinski definition) is 5. The molecule has 1 aliphatic heterocycles. The first-order chi connectivity index (χ1) is 16.0. The zero-order valence-corrected chi connectivity index (χ0v) is 20.6. The van der Waals surface area contributed by atoms with E-state index in [-0.39, 0.29) is 17.7 Å². The molecular formula is C25H30ClN5OS. The van der Waals surface area contributed by atoms with Gasteiger partial charge in [0.15, 0.2) is 5.16 Å². The minimum absolute atomic E-state index is 0.0177. The molecule has 1 saturated heterocycles. The summed E-state index contributed by atoms with van der Waals surface area (Å²) in [5.41, 5.74) is 3.41. The van der Waals surface area contributed by atoms with Gasteiger partial charge in [0.1, 0.15) is 6.33 Å². The van der Waals surface area contributed by atoms with Gasteiger partial charge in [-0.25, -0.2) is 0 Å². The van der Waals surface area contributed by atoms with Gasteiger partial charge in [-0.3, -0.25) is 14.3 Å². The number of thioether (sulfide) groups is 1. The third kappa shape index (κ3) is 6.16. The predicted molar refractivity (Wildman–Crippen MR) is 134 cm³/mol. The van der Waals surface area contributed by atoms with Crippen molar-refractivity contribution in [1.82, 2.24) is 25.0 Å². The van der Waals surface area contributed by atoms with Crippen molar-refractivity contribution in [3.8, 4) is 5.69 Å². The molecule has 0 radical (unpaired) electrons. The van der Waals surface area contributed by atoms with Crippen LogP contribution in [0.5, 0.6) is 0 Å². The smallest absolute Gasteiger partial charge is 0.230 e. The first-order valence-electron chi connectivity index (χ1n) is 11.4. The fourth-order valence-electron chi connectivity index (χ4n) is 4.14. The number of likely N-dealkylation sites (tertiary alicyclic amines) is 1. The van der Waals surface area contributed by atoms with Crippen LogP contribution < -0.4 is 5.32 Å². The molecule has 1 aromatic heterocycles. The fraction of sp³-hybridized carbons (Fsp3) is 0.400. The Hall–Kier alpha value is -2.35. The first-order valence-corrected chi connectivity index (χ1v) is 12.8. The summed E-state index contributed by atoms with van der Waals surface area (Å²) in [7, 11) is 0. The van der Waals surface area contributed by atoms with Gasteiger partial charge in [-0.05, 0) is 67.2 Å². The fourth-order valence-corrected chi connectivity index (χ4v) is 5.09. The van der Waals surface area contributed by atoms with Crippen molar-refractivity contribution in [2.24, 2.45) is 0 Å². The number of hydrogen-bond donors (Lipinski definition) is 1. The minimum Gasteiger partial charge on any atom is -0.353 e. The van der Waals surface area contributed by atoms with Crippen molar-refractivity contribution in [3.05, 3.63) is 71.0 Å². The minimum atomic E-state index is -0.0177. The molecule has 0 saturated carbocycles. The van der Waals surface area contributed by atoms with Crippen LogP contribution in [0.4, 0.5) is 0 Å². The van der Waals surface area contributed by atoms with Gasteiger partial charge in [-0.15, -0.1) is 10.2 Å². The van der Waals surface area contributed by atoms with E-state index in [1.807, 2.05) is 22.8 Å². The number of halogens is 1. The third-order valence-electron chi connectivity index (χ3n) is 5.99. The van der Waals surface area contributed by atoms with Gasteiger partial charge < -0.3 is 5.32 Å². The van der Waals surface area contributed by atoms with Crippen LogP contribution in [0.2, 0.25) is 5.02 Å². The molecule has 1 atom stereocenters. The highest BCUT2D eigenvalue weighted by atomic mass is 35.5. The van der Waals surface area contributed by atoms with Crippen LogP contribution in [-0.2, 0) is 4.79 Å². The van der Waals surface area contributed by atoms with Crippen molar-refractivity contribution < 1.29 is 4.79 Å². The van der Waals surface area contributed by atoms with Crippen LogP contribution in [0.3, 0.4) is 0 Å². The molecular weight excluding hydrogens is 454 g/mol. The Morgan fingerprint density at radius 2 is 1.88 bits per heavy atom. The molecule has 6 nitrogen and oxygen atoms in total. The lowest BCUT2D eigenvalue weighted by Gasteiger charge is -2.28. The Morgan fingerprint density at radius 3 is 2.58 bits per heavy atom. The van der Waals surface area contributed by atoms with E-state index in [2.05, 4.69) is 64.6 Å². The highest BCUT2D eigenvalue weighted by Gasteiger charge is 2.24. The molecule has 0 aliphatic carbocycles. The average Bonchev–Trinajstić information content (AvgIpc) is 3.50. The van der Waals surface area contributed by atoms with Gasteiger partial charge in [0.05, 0.1) is 11.8 Å². The summed E-state index contributed by atoms with van der Waals surface area (Å²) >= 11 is 7.62. The van der Waals surface area contributed by atoms with E-state index in [9.17, 15) is 4.79 Å². The van der Waals surface area contributed by atoms with Crippen LogP contribution in [-0.4, -0.2) is 51.0 Å². The van der Waals surface area contributed by atoms with Crippen molar-refractivity contribution in [3.63, 3.8) is 0 Å². The van der Waals surface area contributed by atoms with Crippen molar-refractivity contribution in [2.45, 2.75) is 43.8 Å². The largest absolute Gasteiger partial charge is 0.353 e. The molecule has 1 N–H and O–H groups in total. The Bertz CT molecular complexity index is 1060. The molecule has 33 heavy (non-hydrogen) atoms. The molecule has 2 aromatic carbocycles. The second kappa shape index (κ2) is 11.2. The van der Waals surface area contributed by atoms with Crippen LogP contribution in [0.1, 0.15) is 49.8 Å². The van der Waals surface area contributed by atoms with Gasteiger partial charge >= 0.3 is 0 Å². The highest BCUT2D eigenvalue weighted by molar-refractivity contribution is 7.99. The number of rotatable bonds is 9. The summed E-state index contributed by atoms with van der Waals surface area (Å²) in [5, 5.41) is 12.8. The Morgan fingerprint density at radius 1 is 1.12 bits per heavy atom. The Balaban J connectivity index is 1.36. The number of aromatic nitrogens is 3. The zero-order valence-electron chi connectivity index (χ0n) is 19.1. The van der Waals surface area contributed by atoms with E-state index in [4.69, 9.17) is 11.6 Å². The standard InChI is InChI=1S/C25H30ClN5OS/c1-18(2)19-8-10-22(11-9-19)31-17-28-29-25(31)33-16-24(32)27-15-23(30-12-3-4-13-30)20-6-5-7-21(26)14-20/h5-11,14,17-18,23H,3-4,12-13,15-16H2,1-2H3,(H,27,32). The molecule has 2 heterocycles. The second-order valence-corrected chi connectivity index (χ2v) is 10.0. The lowest BCUT2D eigenvalue weighted by molar-refractivity contribution is -0.118. The number of nitrogens with one attached hydrogen (secondary N) is 1. The van der Waals surface area contributed by atoms with Crippen LogP contribution >= 0.6 is 23.4 Å². The van der Waals surface area contributed by atoms with Crippen molar-refractivity contribution in [2.75, 3.05) is 25.4 Å². The maximum atomic E-state index is 12.7. The van der Waals surface area contributed by atoms with E-state index in [1.165, 1.54) is 30.2 Å². The number of carbonyl (C=O) groups excluding carboxylic acids is 1. The van der Waals surface area contributed by atoms with Gasteiger partial charge in [0.2, 0.25) is 5.91 Å². The highest BCUT2D eigenvalue weighted by Crippen LogP contribution is 2.27. The molecule has 0 bridgehead atoms. The van der Waals surface area contributed by atoms with Crippen LogP contribution in [0.25, 0.3) is 5.69 Å². The van der Waals surface area contributed by atoms with Crippen molar-refractivity contribution in [1.29, 1.82) is 0 Å². The van der Waals surface area contributed by atoms with Gasteiger partial charge in [-0.2, -0.15) is 0 Å². The molecule has 1 aliphatic rings. The molecule has 3 aromatic rings. The predicted octanol–water partition coefficient (Wildman–Crippen LogP) is 5.09. The molecule has 4 rings (SSSR count). The summed E-state index contributed by atoms with van der Waals surface area (Å²) in [6, 6.07) is 16.4. The molecule has 0 spiro atoms. The molecule has 8 heteroatoms. The summed E-state index contributed by atoms with van der Waals surface area (Å²) < 4.78 is 1.92. The first kappa shape index (κ1) is 23.8. The Labute approximate surface area is 204 Å². The quantitative estimate of drug-likeness (QED) is 0.429. The topological polar surface area (TPSA) is 63.1 Å². The van der Waals surface area contributed by atoms with Crippen LogP contribution in [0, 0.1) is 0 Å². The maximum absolute atomic E-state index is 12.7. The lowest BCUT2D eigenvalue weighted by Crippen LogP contribution is -2.37. The number of amides is 1. The van der Waals surface area contributed by atoms with E-state index in [1.54, 1.807) is 6.33 Å². The lowest BCUT2D eigenvalue weighted by atomic mass is 10.0. The summed E-state index contributed by atoms with van der Waals surface area (Å²) in [4.78, 5) is 15.1. The zero-order chi connectivity index (χ0) is 23.2. The molecule has 1 fully saturated rings. The summed E-state index contributed by atoms with van der Waals surface area (Å²) in [6.07, 6.45) is 4.07. The van der Waals surface area contributed by atoms with Crippen LogP contribution in [0.15, 0.2) is 60.0 Å². The molecule has 174 valence electrons.